The van der Waals surface area contributed by atoms with Crippen molar-refractivity contribution in [1.82, 2.24) is 0 Å². The monoisotopic (exact) mass is 260 g/mol. The van der Waals surface area contributed by atoms with E-state index in [1.807, 2.05) is 0 Å². The van der Waals surface area contributed by atoms with Crippen LogP contribution in [0.25, 0.3) is 0 Å². The van der Waals surface area contributed by atoms with Gasteiger partial charge in [-0.05, 0) is 40.5 Å². The van der Waals surface area contributed by atoms with Gasteiger partial charge in [0.05, 0.1) is 17.5 Å². The lowest BCUT2D eigenvalue weighted by atomic mass is 10.0. The van der Waals surface area contributed by atoms with Crippen molar-refractivity contribution in [2.45, 2.75) is 12.8 Å². The summed E-state index contributed by atoms with van der Waals surface area (Å²) in [7, 11) is 1.31. The van der Waals surface area contributed by atoms with Gasteiger partial charge in [0.1, 0.15) is 5.82 Å². The second-order valence-electron chi connectivity index (χ2n) is 2.92. The predicted octanol–water partition coefficient (Wildman–Crippen LogP) is 2.86. The Morgan fingerprint density at radius 1 is 1.57 bits per heavy atom. The van der Waals surface area contributed by atoms with Crippen LogP contribution in [0, 0.1) is 5.82 Å². The van der Waals surface area contributed by atoms with Gasteiger partial charge >= 0.3 is 5.97 Å². The Hall–Kier alpha value is -0.900. The number of hydrogen-bond acceptors (Lipinski definition) is 2. The molecule has 0 bridgehead atoms. The van der Waals surface area contributed by atoms with E-state index in [4.69, 9.17) is 0 Å². The first-order chi connectivity index (χ1) is 6.56. The molecule has 0 heterocycles. The first kappa shape index (κ1) is 11.2. The zero-order valence-corrected chi connectivity index (χ0v) is 9.47. The van der Waals surface area contributed by atoms with Crippen LogP contribution in [0.1, 0.15) is 18.4 Å². The second kappa shape index (κ2) is 4.55. The Kier molecular flexibility index (Phi) is 3.63. The van der Waals surface area contributed by atoms with E-state index in [0.717, 1.165) is 0 Å². The third-order valence-electron chi connectivity index (χ3n) is 2.00. The van der Waals surface area contributed by atoms with Crippen LogP contribution in [0.5, 0.6) is 0 Å². The molecule has 0 aliphatic rings. The van der Waals surface area contributed by atoms with E-state index in [1.165, 1.54) is 13.2 Å². The van der Waals surface area contributed by atoms with E-state index in [2.05, 4.69) is 20.7 Å². The van der Waals surface area contributed by atoms with Crippen molar-refractivity contribution in [2.24, 2.45) is 0 Å². The number of halogens is 2. The molecule has 1 rings (SSSR count). The van der Waals surface area contributed by atoms with E-state index >= 15 is 0 Å². The highest BCUT2D eigenvalue weighted by molar-refractivity contribution is 9.10. The van der Waals surface area contributed by atoms with Crippen LogP contribution in [0.15, 0.2) is 22.7 Å². The minimum absolute atomic E-state index is 0.369. The summed E-state index contributed by atoms with van der Waals surface area (Å²) in [6.07, 6.45) is 0. The standard InChI is InChI=1S/C10H10BrFO2/c1-6(10(13)14-2)7-3-4-8(11)9(12)5-7/h3-6H,1-2H3. The molecule has 14 heavy (non-hydrogen) atoms. The highest BCUT2D eigenvalue weighted by atomic mass is 79.9. The fourth-order valence-corrected chi connectivity index (χ4v) is 1.34. The molecule has 1 unspecified atom stereocenters. The SMILES string of the molecule is COC(=O)C(C)c1ccc(Br)c(F)c1. The summed E-state index contributed by atoms with van der Waals surface area (Å²) in [6.45, 7) is 1.68. The summed E-state index contributed by atoms with van der Waals surface area (Å²) < 4.78 is 18.1. The first-order valence-corrected chi connectivity index (χ1v) is 4.88. The summed E-state index contributed by atoms with van der Waals surface area (Å²) in [5, 5.41) is 0. The second-order valence-corrected chi connectivity index (χ2v) is 3.77. The van der Waals surface area contributed by atoms with Gasteiger partial charge in [-0.1, -0.05) is 6.07 Å². The quantitative estimate of drug-likeness (QED) is 0.765. The molecular formula is C10H10BrFO2. The van der Waals surface area contributed by atoms with Crippen molar-refractivity contribution in [3.8, 4) is 0 Å². The molecule has 0 aliphatic carbocycles. The number of esters is 1. The van der Waals surface area contributed by atoms with Crippen molar-refractivity contribution >= 4 is 21.9 Å². The summed E-state index contributed by atoms with van der Waals surface area (Å²) in [4.78, 5) is 11.2. The van der Waals surface area contributed by atoms with E-state index in [0.29, 0.717) is 10.0 Å². The lowest BCUT2D eigenvalue weighted by Crippen LogP contribution is -2.10. The zero-order chi connectivity index (χ0) is 10.7. The largest absolute Gasteiger partial charge is 0.469 e. The smallest absolute Gasteiger partial charge is 0.312 e. The molecule has 0 radical (unpaired) electrons. The fraction of sp³-hybridized carbons (Fsp3) is 0.300. The highest BCUT2D eigenvalue weighted by Gasteiger charge is 2.16. The van der Waals surface area contributed by atoms with Crippen molar-refractivity contribution in [1.29, 1.82) is 0 Å². The van der Waals surface area contributed by atoms with Crippen molar-refractivity contribution < 1.29 is 13.9 Å². The molecule has 76 valence electrons. The van der Waals surface area contributed by atoms with E-state index < -0.39 is 5.92 Å². The van der Waals surface area contributed by atoms with Gasteiger partial charge in [0, 0.05) is 0 Å². The van der Waals surface area contributed by atoms with E-state index in [9.17, 15) is 9.18 Å². The van der Waals surface area contributed by atoms with Gasteiger partial charge in [-0.15, -0.1) is 0 Å². The third-order valence-corrected chi connectivity index (χ3v) is 2.64. The van der Waals surface area contributed by atoms with Crippen LogP contribution < -0.4 is 0 Å². The topological polar surface area (TPSA) is 26.3 Å². The molecule has 4 heteroatoms. The van der Waals surface area contributed by atoms with Gasteiger partial charge in [0.2, 0.25) is 0 Å². The number of hydrogen-bond donors (Lipinski definition) is 0. The number of carbonyl (C=O) groups is 1. The van der Waals surface area contributed by atoms with Crippen LogP contribution >= 0.6 is 15.9 Å². The van der Waals surface area contributed by atoms with Crippen LogP contribution in [-0.4, -0.2) is 13.1 Å². The van der Waals surface area contributed by atoms with E-state index in [-0.39, 0.29) is 11.8 Å². The maximum absolute atomic E-state index is 13.1. The molecule has 1 aromatic rings. The number of rotatable bonds is 2. The maximum Gasteiger partial charge on any atom is 0.312 e. The van der Waals surface area contributed by atoms with Gasteiger partial charge in [-0.25, -0.2) is 4.39 Å². The Balaban J connectivity index is 2.96. The molecule has 0 saturated carbocycles. The van der Waals surface area contributed by atoms with Gasteiger partial charge in [0.15, 0.2) is 0 Å². The lowest BCUT2D eigenvalue weighted by Gasteiger charge is -2.09. The maximum atomic E-state index is 13.1. The Morgan fingerprint density at radius 3 is 2.71 bits per heavy atom. The molecule has 0 fully saturated rings. The lowest BCUT2D eigenvalue weighted by molar-refractivity contribution is -0.141. The van der Waals surface area contributed by atoms with Crippen LogP contribution in [0.3, 0.4) is 0 Å². The molecule has 2 nitrogen and oxygen atoms in total. The summed E-state index contributed by atoms with van der Waals surface area (Å²) in [5.74, 6) is -1.19. The molecule has 1 atom stereocenters. The fourth-order valence-electron chi connectivity index (χ4n) is 1.09. The van der Waals surface area contributed by atoms with Crippen LogP contribution in [-0.2, 0) is 9.53 Å². The van der Waals surface area contributed by atoms with Crippen molar-refractivity contribution in [3.63, 3.8) is 0 Å². The first-order valence-electron chi connectivity index (χ1n) is 4.09. The summed E-state index contributed by atoms with van der Waals surface area (Å²) in [6, 6.07) is 4.59. The minimum atomic E-state index is -0.442. The minimum Gasteiger partial charge on any atom is -0.469 e. The molecule has 0 spiro atoms. The Morgan fingerprint density at radius 2 is 2.21 bits per heavy atom. The molecule has 0 aliphatic heterocycles. The Labute approximate surface area is 90.2 Å². The summed E-state index contributed by atoms with van der Waals surface area (Å²) >= 11 is 3.04. The predicted molar refractivity (Wildman–Crippen MR) is 54.5 cm³/mol. The van der Waals surface area contributed by atoms with Crippen molar-refractivity contribution in [3.05, 3.63) is 34.1 Å². The number of benzene rings is 1. The number of ether oxygens (including phenoxy) is 1. The molecular weight excluding hydrogens is 251 g/mol. The average Bonchev–Trinajstić information content (AvgIpc) is 2.20. The van der Waals surface area contributed by atoms with Crippen LogP contribution in [0.2, 0.25) is 0 Å². The average molecular weight is 261 g/mol. The number of carbonyl (C=O) groups excluding carboxylic acids is 1. The van der Waals surface area contributed by atoms with Gasteiger partial charge in [-0.2, -0.15) is 0 Å². The molecule has 1 aromatic carbocycles. The normalized spacial score (nSPS) is 12.3. The Bertz CT molecular complexity index is 352. The van der Waals surface area contributed by atoms with Gasteiger partial charge < -0.3 is 4.74 Å². The molecule has 0 N–H and O–H groups in total. The molecule has 0 amide bonds. The highest BCUT2D eigenvalue weighted by Crippen LogP contribution is 2.22. The van der Waals surface area contributed by atoms with E-state index in [1.54, 1.807) is 19.1 Å². The number of methoxy groups -OCH3 is 1. The third kappa shape index (κ3) is 2.32. The summed E-state index contributed by atoms with van der Waals surface area (Å²) in [5.41, 5.74) is 0.609. The van der Waals surface area contributed by atoms with Crippen molar-refractivity contribution in [2.75, 3.05) is 7.11 Å². The van der Waals surface area contributed by atoms with Crippen LogP contribution in [0.4, 0.5) is 4.39 Å². The van der Waals surface area contributed by atoms with Gasteiger partial charge in [-0.3, -0.25) is 4.79 Å². The molecule has 0 saturated heterocycles. The molecule has 0 aromatic heterocycles. The van der Waals surface area contributed by atoms with Gasteiger partial charge in [0.25, 0.3) is 0 Å². The zero-order valence-electron chi connectivity index (χ0n) is 7.88.